The standard InChI is InChI=1S/C21H28F4O/c1-3-5-13-10-14-11-17(22)15(8-9-21(14,25)12-13)16-6-7-18(26-4-2)20(24)19(16)23/h6-7,13-15,17H,3-5,8-12H2,1-2H3. The largest absolute Gasteiger partial charge is 0.491 e. The van der Waals surface area contributed by atoms with Crippen LogP contribution in [0.15, 0.2) is 12.1 Å². The van der Waals surface area contributed by atoms with Gasteiger partial charge in [-0.25, -0.2) is 13.2 Å². The molecule has 1 aromatic carbocycles. The maximum Gasteiger partial charge on any atom is 0.200 e. The van der Waals surface area contributed by atoms with E-state index in [1.165, 1.54) is 12.1 Å². The minimum absolute atomic E-state index is 0.00661. The van der Waals surface area contributed by atoms with Crippen molar-refractivity contribution in [3.8, 4) is 5.75 Å². The average molecular weight is 372 g/mol. The summed E-state index contributed by atoms with van der Waals surface area (Å²) in [6.45, 7) is 3.98. The lowest BCUT2D eigenvalue weighted by molar-refractivity contribution is 0.0917. The molecule has 2 aliphatic carbocycles. The number of fused-ring (bicyclic) bond motifs is 1. The van der Waals surface area contributed by atoms with Crippen molar-refractivity contribution in [3.05, 3.63) is 29.3 Å². The molecule has 1 nitrogen and oxygen atoms in total. The van der Waals surface area contributed by atoms with Crippen LogP contribution >= 0.6 is 0 Å². The molecule has 3 rings (SSSR count). The molecule has 0 N–H and O–H groups in total. The fourth-order valence-electron chi connectivity index (χ4n) is 5.05. The number of rotatable bonds is 5. The average Bonchev–Trinajstić information content (AvgIpc) is 2.84. The van der Waals surface area contributed by atoms with Crippen molar-refractivity contribution in [2.75, 3.05) is 6.61 Å². The molecule has 0 spiro atoms. The van der Waals surface area contributed by atoms with E-state index in [2.05, 4.69) is 6.92 Å². The van der Waals surface area contributed by atoms with Crippen LogP contribution < -0.4 is 4.74 Å². The van der Waals surface area contributed by atoms with Gasteiger partial charge in [-0.05, 0) is 62.5 Å². The van der Waals surface area contributed by atoms with Crippen molar-refractivity contribution >= 4 is 0 Å². The number of hydrogen-bond donors (Lipinski definition) is 0. The number of alkyl halides is 2. The Hall–Kier alpha value is -1.26. The van der Waals surface area contributed by atoms with Gasteiger partial charge < -0.3 is 4.74 Å². The Balaban J connectivity index is 1.81. The van der Waals surface area contributed by atoms with E-state index in [4.69, 9.17) is 4.74 Å². The number of ether oxygens (including phenoxy) is 1. The first-order valence-electron chi connectivity index (χ1n) is 9.83. The third-order valence-electron chi connectivity index (χ3n) is 6.27. The van der Waals surface area contributed by atoms with Crippen LogP contribution in [0.3, 0.4) is 0 Å². The van der Waals surface area contributed by atoms with Crippen molar-refractivity contribution in [2.24, 2.45) is 11.8 Å². The minimum atomic E-state index is -1.36. The van der Waals surface area contributed by atoms with E-state index < -0.39 is 29.4 Å². The van der Waals surface area contributed by atoms with Crippen LogP contribution in [0.4, 0.5) is 17.6 Å². The van der Waals surface area contributed by atoms with E-state index in [1.54, 1.807) is 6.92 Å². The van der Waals surface area contributed by atoms with Crippen LogP contribution in [-0.2, 0) is 0 Å². The summed E-state index contributed by atoms with van der Waals surface area (Å²) in [5.41, 5.74) is -1.36. The van der Waals surface area contributed by atoms with Gasteiger partial charge in [0.05, 0.1) is 6.61 Å². The van der Waals surface area contributed by atoms with E-state index in [9.17, 15) is 13.2 Å². The highest BCUT2D eigenvalue weighted by Gasteiger charge is 2.51. The molecule has 5 heteroatoms. The molecule has 0 bridgehead atoms. The number of benzene rings is 1. The molecule has 0 amide bonds. The van der Waals surface area contributed by atoms with Gasteiger partial charge in [0, 0.05) is 5.92 Å². The topological polar surface area (TPSA) is 9.23 Å². The molecule has 146 valence electrons. The van der Waals surface area contributed by atoms with Crippen molar-refractivity contribution in [2.45, 2.75) is 76.6 Å². The van der Waals surface area contributed by atoms with Gasteiger partial charge in [0.15, 0.2) is 11.6 Å². The molecule has 0 saturated heterocycles. The van der Waals surface area contributed by atoms with Gasteiger partial charge in [0.1, 0.15) is 11.8 Å². The van der Waals surface area contributed by atoms with Crippen molar-refractivity contribution in [1.29, 1.82) is 0 Å². The van der Waals surface area contributed by atoms with E-state index >= 15 is 4.39 Å². The lowest BCUT2D eigenvalue weighted by Gasteiger charge is -2.24. The molecular weight excluding hydrogens is 344 g/mol. The van der Waals surface area contributed by atoms with Gasteiger partial charge in [-0.3, -0.25) is 0 Å². The second-order valence-electron chi connectivity index (χ2n) is 7.94. The van der Waals surface area contributed by atoms with Crippen LogP contribution in [0.1, 0.15) is 70.3 Å². The summed E-state index contributed by atoms with van der Waals surface area (Å²) in [5.74, 6) is -3.11. The van der Waals surface area contributed by atoms with Gasteiger partial charge in [-0.2, -0.15) is 4.39 Å². The summed E-state index contributed by atoms with van der Waals surface area (Å²) in [6.07, 6.45) is 2.32. The summed E-state index contributed by atoms with van der Waals surface area (Å²) in [5, 5.41) is 0. The Kier molecular flexibility index (Phi) is 5.83. The molecular formula is C21H28F4O. The summed E-state index contributed by atoms with van der Waals surface area (Å²) in [4.78, 5) is 0. The quantitative estimate of drug-likeness (QED) is 0.536. The normalized spacial score (nSPS) is 34.4. The lowest BCUT2D eigenvalue weighted by atomic mass is 9.87. The Morgan fingerprint density at radius 3 is 2.62 bits per heavy atom. The third kappa shape index (κ3) is 3.59. The molecule has 2 fully saturated rings. The van der Waals surface area contributed by atoms with Gasteiger partial charge in [0.25, 0.3) is 0 Å². The summed E-state index contributed by atoms with van der Waals surface area (Å²) >= 11 is 0. The van der Waals surface area contributed by atoms with Gasteiger partial charge >= 0.3 is 0 Å². The van der Waals surface area contributed by atoms with E-state index in [-0.39, 0.29) is 43.1 Å². The van der Waals surface area contributed by atoms with Crippen LogP contribution in [0.25, 0.3) is 0 Å². The second kappa shape index (κ2) is 7.77. The van der Waals surface area contributed by atoms with Crippen LogP contribution in [-0.4, -0.2) is 18.4 Å². The molecule has 26 heavy (non-hydrogen) atoms. The molecule has 5 atom stereocenters. The number of halogens is 4. The maximum absolute atomic E-state index is 15.4. The first-order valence-corrected chi connectivity index (χ1v) is 9.83. The highest BCUT2D eigenvalue weighted by Crippen LogP contribution is 2.54. The second-order valence-corrected chi connectivity index (χ2v) is 7.94. The fourth-order valence-corrected chi connectivity index (χ4v) is 5.05. The van der Waals surface area contributed by atoms with Gasteiger partial charge in [-0.15, -0.1) is 0 Å². The number of hydrogen-bond acceptors (Lipinski definition) is 1. The zero-order chi connectivity index (χ0) is 18.9. The van der Waals surface area contributed by atoms with Crippen molar-refractivity contribution in [3.63, 3.8) is 0 Å². The first-order chi connectivity index (χ1) is 12.4. The Morgan fingerprint density at radius 1 is 1.15 bits per heavy atom. The predicted octanol–water partition coefficient (Wildman–Crippen LogP) is 6.50. The monoisotopic (exact) mass is 372 g/mol. The highest BCUT2D eigenvalue weighted by atomic mass is 19.2. The van der Waals surface area contributed by atoms with E-state index in [1.807, 2.05) is 0 Å². The summed E-state index contributed by atoms with van der Waals surface area (Å²) in [6, 6.07) is 2.74. The maximum atomic E-state index is 15.4. The Morgan fingerprint density at radius 2 is 1.92 bits per heavy atom. The summed E-state index contributed by atoms with van der Waals surface area (Å²) < 4.78 is 64.2. The van der Waals surface area contributed by atoms with Crippen LogP contribution in [0.2, 0.25) is 0 Å². The minimum Gasteiger partial charge on any atom is -0.491 e. The van der Waals surface area contributed by atoms with E-state index in [0.29, 0.717) is 18.8 Å². The molecule has 0 radical (unpaired) electrons. The third-order valence-corrected chi connectivity index (χ3v) is 6.27. The summed E-state index contributed by atoms with van der Waals surface area (Å²) in [7, 11) is 0. The predicted molar refractivity (Wildman–Crippen MR) is 94.0 cm³/mol. The van der Waals surface area contributed by atoms with E-state index in [0.717, 1.165) is 12.8 Å². The Bertz CT molecular complexity index is 635. The molecule has 1 aromatic rings. The van der Waals surface area contributed by atoms with Crippen LogP contribution in [0.5, 0.6) is 5.75 Å². The van der Waals surface area contributed by atoms with Gasteiger partial charge in [-0.1, -0.05) is 25.8 Å². The molecule has 2 aliphatic rings. The van der Waals surface area contributed by atoms with Crippen LogP contribution in [0, 0.1) is 23.5 Å². The molecule has 5 unspecified atom stereocenters. The zero-order valence-electron chi connectivity index (χ0n) is 15.5. The lowest BCUT2D eigenvalue weighted by Crippen LogP contribution is -2.27. The SMILES string of the molecule is CCCC1CC2CC(F)C(c3ccc(OCC)c(F)c3F)CCC2(F)C1. The molecule has 2 saturated carbocycles. The molecule has 0 heterocycles. The molecule has 0 aliphatic heterocycles. The highest BCUT2D eigenvalue weighted by molar-refractivity contribution is 5.34. The smallest absolute Gasteiger partial charge is 0.200 e. The van der Waals surface area contributed by atoms with Crippen molar-refractivity contribution in [1.82, 2.24) is 0 Å². The Labute approximate surface area is 153 Å². The molecule has 0 aromatic heterocycles. The first kappa shape index (κ1) is 19.5. The fraction of sp³-hybridized carbons (Fsp3) is 0.714. The zero-order valence-corrected chi connectivity index (χ0v) is 15.5. The van der Waals surface area contributed by atoms with Gasteiger partial charge in [0.2, 0.25) is 5.82 Å². The van der Waals surface area contributed by atoms with Crippen molar-refractivity contribution < 1.29 is 22.3 Å².